The van der Waals surface area contributed by atoms with Crippen LogP contribution in [0.3, 0.4) is 0 Å². The zero-order valence-corrected chi connectivity index (χ0v) is 42.9. The lowest BCUT2D eigenvalue weighted by molar-refractivity contribution is 0.227. The molecule has 10 heterocycles. The molecule has 19 nitrogen and oxygen atoms in total. The van der Waals surface area contributed by atoms with E-state index in [9.17, 15) is 13.2 Å². The van der Waals surface area contributed by atoms with E-state index < -0.39 is 23.6 Å². The van der Waals surface area contributed by atoms with Gasteiger partial charge in [-0.1, -0.05) is 29.3 Å². The molecular weight excluding hydrogens is 1030 g/mol. The van der Waals surface area contributed by atoms with E-state index in [2.05, 4.69) is 66.5 Å². The second-order valence-corrected chi connectivity index (χ2v) is 18.6. The molecule has 0 spiro atoms. The summed E-state index contributed by atoms with van der Waals surface area (Å²) in [7, 11) is 1.84. The van der Waals surface area contributed by atoms with E-state index >= 15 is 0 Å². The van der Waals surface area contributed by atoms with Crippen molar-refractivity contribution in [1.29, 1.82) is 0 Å². The van der Waals surface area contributed by atoms with Gasteiger partial charge in [-0.3, -0.25) is 19.4 Å². The van der Waals surface area contributed by atoms with Crippen molar-refractivity contribution in [2.24, 2.45) is 7.05 Å². The summed E-state index contributed by atoms with van der Waals surface area (Å²) in [6.45, 7) is 4.60. The molecule has 1 fully saturated rings. The maximum atomic E-state index is 13.9. The van der Waals surface area contributed by atoms with Gasteiger partial charge in [0.25, 0.3) is 0 Å². The van der Waals surface area contributed by atoms with Gasteiger partial charge in [0.05, 0.1) is 47.7 Å². The summed E-state index contributed by atoms with van der Waals surface area (Å²) in [4.78, 5) is 17.2. The molecule has 0 saturated carbocycles. The van der Waals surface area contributed by atoms with Gasteiger partial charge in [-0.05, 0) is 93.0 Å². The lowest BCUT2D eigenvalue weighted by Gasteiger charge is -2.22. The number of nitrogens with two attached hydrogens (primary N) is 1. The van der Waals surface area contributed by atoms with Crippen LogP contribution in [-0.2, 0) is 20.1 Å². The van der Waals surface area contributed by atoms with Crippen LogP contribution in [-0.4, -0.2) is 82.0 Å². The number of aryl methyl sites for hydroxylation is 1. The second-order valence-electron chi connectivity index (χ2n) is 17.8. The quantitative estimate of drug-likeness (QED) is 0.0678. The minimum Gasteiger partial charge on any atom is -0.482 e. The van der Waals surface area contributed by atoms with Crippen molar-refractivity contribution >= 4 is 51.9 Å². The Hall–Kier alpha value is -8.86. The molecule has 77 heavy (non-hydrogen) atoms. The van der Waals surface area contributed by atoms with Crippen molar-refractivity contribution in [3.8, 4) is 39.3 Å². The Bertz CT molecular complexity index is 3770. The predicted molar refractivity (Wildman–Crippen MR) is 287 cm³/mol. The number of H-pyrrole nitrogens is 1. The van der Waals surface area contributed by atoms with Gasteiger partial charge in [0.1, 0.15) is 35.2 Å². The fraction of sp³-hybridized carbons (Fsp3) is 0.189. The molecular formula is C53H49Cl2F3N18O. The normalized spacial score (nSPS) is 12.9. The first-order valence-electron chi connectivity index (χ1n) is 24.2. The average Bonchev–Trinajstić information content (AvgIpc) is 4.35. The van der Waals surface area contributed by atoms with E-state index in [0.717, 1.165) is 82.5 Å². The number of aromatic nitrogens is 14. The highest BCUT2D eigenvalue weighted by Crippen LogP contribution is 2.37. The van der Waals surface area contributed by atoms with Crippen LogP contribution in [0.5, 0.6) is 5.75 Å². The molecule has 1 saturated heterocycles. The summed E-state index contributed by atoms with van der Waals surface area (Å²) in [5, 5.41) is 34.2. The van der Waals surface area contributed by atoms with Gasteiger partial charge < -0.3 is 26.4 Å². The highest BCUT2D eigenvalue weighted by molar-refractivity contribution is 6.36. The number of imidazole rings is 1. The van der Waals surface area contributed by atoms with Gasteiger partial charge in [-0.2, -0.15) is 20.4 Å². The molecule has 1 aliphatic rings. The van der Waals surface area contributed by atoms with Crippen molar-refractivity contribution in [1.82, 2.24) is 74.2 Å². The van der Waals surface area contributed by atoms with Gasteiger partial charge >= 0.3 is 0 Å². The van der Waals surface area contributed by atoms with Crippen molar-refractivity contribution in [3.63, 3.8) is 0 Å². The number of nitrogen functional groups attached to an aromatic ring is 1. The smallest absolute Gasteiger partial charge is 0.166 e. The zero-order chi connectivity index (χ0) is 53.4. The Kier molecular flexibility index (Phi) is 15.7. The van der Waals surface area contributed by atoms with Crippen molar-refractivity contribution < 1.29 is 17.9 Å². The number of fused-ring (bicyclic) bond motifs is 2. The SMILES string of the molecule is C[C@@H](Oc1cc(-c2cnn(C3CCNCC3)c2)cnc1N)c1c(Cl)ccc(F)c1Cl.Cn1cc(-c2cnc3ccc(NCc4ccc(F)cc4F)nn23)cn1.c1cc(CNc2ccn3ncc(-c4cn[nH]c4)c3n2)ccn1. The third-order valence-electron chi connectivity index (χ3n) is 12.5. The Morgan fingerprint density at radius 1 is 0.792 bits per heavy atom. The van der Waals surface area contributed by atoms with E-state index in [1.807, 2.05) is 67.0 Å². The third-order valence-corrected chi connectivity index (χ3v) is 13.2. The number of hydrogen-bond donors (Lipinski definition) is 5. The summed E-state index contributed by atoms with van der Waals surface area (Å²) in [5.41, 5.74) is 14.7. The fourth-order valence-corrected chi connectivity index (χ4v) is 9.14. The maximum absolute atomic E-state index is 13.9. The monoisotopic (exact) mass is 1080 g/mol. The van der Waals surface area contributed by atoms with E-state index in [1.54, 1.807) is 76.1 Å². The minimum absolute atomic E-state index is 0.0686. The highest BCUT2D eigenvalue weighted by Gasteiger charge is 2.22. The first kappa shape index (κ1) is 51.6. The number of nitrogens with zero attached hydrogens (tertiary/aromatic N) is 13. The average molecular weight is 1080 g/mol. The molecule has 392 valence electrons. The molecule has 0 radical (unpaired) electrons. The summed E-state index contributed by atoms with van der Waals surface area (Å²) >= 11 is 12.3. The Morgan fingerprint density at radius 2 is 1.61 bits per heavy atom. The number of rotatable bonds is 13. The number of nitrogens with one attached hydrogen (secondary N) is 4. The standard InChI is InChI=1S/C21H22Cl2FN5O.C17H14F2N6.C15H13N7/c1-12(19-16(22)2-3-17(24)20(19)23)30-18-8-13(9-27-21(18)25)14-10-28-29(11-14)15-4-6-26-7-5-15;1-24-10-12(8-22-24)15-9-21-17-5-4-16(23-25(15)17)20-7-11-2-3-13(18)6-14(11)19;1-4-16-5-2-11(1)7-17-14-3-6-22-15(21-14)13(10-20-22)12-8-18-19-9-12/h2-3,8-12,15,26H,4-7H2,1H3,(H2,25,27);2-6,8-10H,7H2,1H3,(H,20,23);1-6,8-10H,7H2,(H,17,21)(H,18,19)/t12-;;/m1../s1. The molecule has 2 aromatic carbocycles. The first-order chi connectivity index (χ1) is 37.4. The number of aromatic amines is 1. The van der Waals surface area contributed by atoms with Gasteiger partial charge in [-0.15, -0.1) is 5.10 Å². The molecule has 12 rings (SSSR count). The van der Waals surface area contributed by atoms with Crippen molar-refractivity contribution in [2.75, 3.05) is 29.5 Å². The number of pyridine rings is 2. The van der Waals surface area contributed by atoms with Crippen LogP contribution in [0, 0.1) is 17.5 Å². The molecule has 0 aliphatic carbocycles. The Labute approximate surface area is 448 Å². The van der Waals surface area contributed by atoms with Crippen LogP contribution in [0.2, 0.25) is 10.0 Å². The Balaban J connectivity index is 0.000000133. The predicted octanol–water partition coefficient (Wildman–Crippen LogP) is 10.2. The van der Waals surface area contributed by atoms with E-state index in [-0.39, 0.29) is 17.4 Å². The highest BCUT2D eigenvalue weighted by atomic mass is 35.5. The minimum atomic E-state index is -0.627. The molecule has 0 bridgehead atoms. The topological polar surface area (TPSA) is 222 Å². The number of halogens is 5. The number of hydrogen-bond acceptors (Lipinski definition) is 14. The maximum Gasteiger partial charge on any atom is 0.166 e. The van der Waals surface area contributed by atoms with Crippen LogP contribution < -0.4 is 26.4 Å². The van der Waals surface area contributed by atoms with E-state index in [1.165, 1.54) is 24.3 Å². The number of piperidine rings is 1. The van der Waals surface area contributed by atoms with E-state index in [4.69, 9.17) is 33.7 Å². The van der Waals surface area contributed by atoms with Gasteiger partial charge in [0.2, 0.25) is 0 Å². The van der Waals surface area contributed by atoms with Gasteiger partial charge in [-0.25, -0.2) is 37.2 Å². The van der Waals surface area contributed by atoms with Crippen LogP contribution in [0.4, 0.5) is 30.6 Å². The molecule has 24 heteroatoms. The fourth-order valence-electron chi connectivity index (χ4n) is 8.46. The van der Waals surface area contributed by atoms with Crippen LogP contribution in [0.1, 0.15) is 48.6 Å². The van der Waals surface area contributed by atoms with Crippen molar-refractivity contribution in [3.05, 3.63) is 185 Å². The van der Waals surface area contributed by atoms with Gasteiger partial charge in [0, 0.05) is 114 Å². The van der Waals surface area contributed by atoms with Crippen molar-refractivity contribution in [2.45, 2.75) is 45.0 Å². The number of ether oxygens (including phenoxy) is 1. The van der Waals surface area contributed by atoms with E-state index in [0.29, 0.717) is 46.0 Å². The molecule has 11 aromatic rings. The molecule has 6 N–H and O–H groups in total. The molecule has 1 atom stereocenters. The molecule has 0 unspecified atom stereocenters. The lowest BCUT2D eigenvalue weighted by Crippen LogP contribution is -2.29. The van der Waals surface area contributed by atoms with Crippen LogP contribution >= 0.6 is 23.2 Å². The zero-order valence-electron chi connectivity index (χ0n) is 41.4. The van der Waals surface area contributed by atoms with Crippen LogP contribution in [0.15, 0.2) is 141 Å². The number of anilines is 3. The van der Waals surface area contributed by atoms with Gasteiger partial charge in [0.15, 0.2) is 22.9 Å². The second kappa shape index (κ2) is 23.4. The molecule has 0 amide bonds. The number of benzene rings is 2. The Morgan fingerprint density at radius 3 is 2.39 bits per heavy atom. The summed E-state index contributed by atoms with van der Waals surface area (Å²) in [5.74, 6) is 0.198. The summed E-state index contributed by atoms with van der Waals surface area (Å²) < 4.78 is 53.7. The molecule has 1 aliphatic heterocycles. The third kappa shape index (κ3) is 12.1. The first-order valence-corrected chi connectivity index (χ1v) is 25.0. The summed E-state index contributed by atoms with van der Waals surface area (Å²) in [6, 6.07) is 17.8. The molecule has 9 aromatic heterocycles. The summed E-state index contributed by atoms with van der Waals surface area (Å²) in [6.07, 6.45) is 23.1. The van der Waals surface area contributed by atoms with Crippen LogP contribution in [0.25, 0.3) is 44.8 Å². The lowest BCUT2D eigenvalue weighted by atomic mass is 10.1. The largest absolute Gasteiger partial charge is 0.482 e.